The highest BCUT2D eigenvalue weighted by molar-refractivity contribution is 5.29. The van der Waals surface area contributed by atoms with Crippen LogP contribution in [-0.4, -0.2) is 26.3 Å². The number of nitrogens with one attached hydrogen (secondary N) is 1. The monoisotopic (exact) mass is 261 g/mol. The van der Waals surface area contributed by atoms with E-state index in [9.17, 15) is 0 Å². The normalized spacial score (nSPS) is 10.7. The van der Waals surface area contributed by atoms with Crippen LogP contribution in [0.15, 0.2) is 18.5 Å². The highest BCUT2D eigenvalue weighted by Gasteiger charge is 2.08. The Labute approximate surface area is 112 Å². The molecule has 0 unspecified atom stereocenters. The van der Waals surface area contributed by atoms with Gasteiger partial charge in [0.25, 0.3) is 0 Å². The summed E-state index contributed by atoms with van der Waals surface area (Å²) in [5.74, 6) is 1.57. The van der Waals surface area contributed by atoms with Crippen molar-refractivity contribution in [3.8, 4) is 5.75 Å². The first-order valence-electron chi connectivity index (χ1n) is 6.33. The molecule has 0 bridgehead atoms. The first-order valence-corrected chi connectivity index (χ1v) is 6.33. The van der Waals surface area contributed by atoms with Crippen LogP contribution in [0.5, 0.6) is 5.75 Å². The molecule has 0 fully saturated rings. The lowest BCUT2D eigenvalue weighted by Crippen LogP contribution is -2.15. The van der Waals surface area contributed by atoms with E-state index in [2.05, 4.69) is 27.4 Å². The smallest absolute Gasteiger partial charge is 0.170 e. The van der Waals surface area contributed by atoms with Gasteiger partial charge < -0.3 is 14.6 Å². The summed E-state index contributed by atoms with van der Waals surface area (Å²) in [6, 6.07) is 3.90. The Hall–Kier alpha value is -1.95. The van der Waals surface area contributed by atoms with Crippen LogP contribution in [0.2, 0.25) is 0 Å². The molecule has 6 nitrogen and oxygen atoms in total. The fourth-order valence-corrected chi connectivity index (χ4v) is 1.68. The average molecular weight is 261 g/mol. The molecule has 0 aliphatic carbocycles. The molecule has 0 amide bonds. The Morgan fingerprint density at radius 3 is 2.89 bits per heavy atom. The van der Waals surface area contributed by atoms with Crippen molar-refractivity contribution in [3.05, 3.63) is 35.7 Å². The zero-order valence-electron chi connectivity index (χ0n) is 11.6. The lowest BCUT2D eigenvalue weighted by atomic mass is 10.3. The van der Waals surface area contributed by atoms with Gasteiger partial charge in [-0.1, -0.05) is 6.92 Å². The Balaban J connectivity index is 2.08. The summed E-state index contributed by atoms with van der Waals surface area (Å²) >= 11 is 0. The second-order valence-electron chi connectivity index (χ2n) is 4.32. The van der Waals surface area contributed by atoms with Crippen molar-refractivity contribution in [2.24, 2.45) is 7.05 Å². The predicted octanol–water partition coefficient (Wildman–Crippen LogP) is 1.21. The van der Waals surface area contributed by atoms with Crippen molar-refractivity contribution >= 4 is 0 Å². The van der Waals surface area contributed by atoms with Gasteiger partial charge in [-0.15, -0.1) is 10.2 Å². The van der Waals surface area contributed by atoms with E-state index in [1.807, 2.05) is 30.7 Å². The lowest BCUT2D eigenvalue weighted by Gasteiger charge is -2.11. The van der Waals surface area contributed by atoms with E-state index in [-0.39, 0.29) is 0 Å². The quantitative estimate of drug-likeness (QED) is 0.846. The summed E-state index contributed by atoms with van der Waals surface area (Å²) in [6.07, 6.45) is 1.66. The van der Waals surface area contributed by atoms with Crippen LogP contribution in [-0.2, 0) is 20.2 Å². The highest BCUT2D eigenvalue weighted by Crippen LogP contribution is 2.18. The third-order valence-corrected chi connectivity index (χ3v) is 2.78. The molecule has 0 aliphatic heterocycles. The van der Waals surface area contributed by atoms with Crippen molar-refractivity contribution in [3.63, 3.8) is 0 Å². The van der Waals surface area contributed by atoms with Crippen molar-refractivity contribution in [2.45, 2.75) is 27.0 Å². The fraction of sp³-hybridized carbons (Fsp3) is 0.462. The molecule has 0 radical (unpaired) electrons. The van der Waals surface area contributed by atoms with Gasteiger partial charge in [-0.2, -0.15) is 0 Å². The van der Waals surface area contributed by atoms with Crippen LogP contribution >= 0.6 is 0 Å². The number of aromatic nitrogens is 4. The summed E-state index contributed by atoms with van der Waals surface area (Å²) in [7, 11) is 1.89. The highest BCUT2D eigenvalue weighted by atomic mass is 16.5. The average Bonchev–Trinajstić information content (AvgIpc) is 2.81. The third kappa shape index (κ3) is 3.51. The molecule has 2 rings (SSSR count). The van der Waals surface area contributed by atoms with Gasteiger partial charge in [-0.3, -0.25) is 4.98 Å². The van der Waals surface area contributed by atoms with Gasteiger partial charge in [-0.05, 0) is 25.6 Å². The van der Waals surface area contributed by atoms with Crippen LogP contribution < -0.4 is 10.1 Å². The first-order chi connectivity index (χ1) is 9.20. The largest absolute Gasteiger partial charge is 0.484 e. The van der Waals surface area contributed by atoms with E-state index in [0.29, 0.717) is 13.2 Å². The number of pyridine rings is 1. The molecule has 1 N–H and O–H groups in total. The molecule has 6 heteroatoms. The van der Waals surface area contributed by atoms with Crippen molar-refractivity contribution in [1.29, 1.82) is 0 Å². The second kappa shape index (κ2) is 6.29. The standard InChI is InChI=1S/C13H19N5O/c1-4-14-7-11-12(6-5-10(2)16-11)19-8-13-17-15-9-18(13)3/h5-6,9,14H,4,7-8H2,1-3H3. The van der Waals surface area contributed by atoms with Crippen molar-refractivity contribution < 1.29 is 4.74 Å². The van der Waals surface area contributed by atoms with Crippen LogP contribution in [0.1, 0.15) is 24.1 Å². The Bertz CT molecular complexity index is 538. The molecule has 0 aromatic carbocycles. The number of rotatable bonds is 6. The zero-order valence-corrected chi connectivity index (χ0v) is 11.6. The minimum absolute atomic E-state index is 0.389. The summed E-state index contributed by atoms with van der Waals surface area (Å²) < 4.78 is 7.63. The van der Waals surface area contributed by atoms with Crippen LogP contribution in [0.4, 0.5) is 0 Å². The van der Waals surface area contributed by atoms with Crippen molar-refractivity contribution in [1.82, 2.24) is 25.1 Å². The van der Waals surface area contributed by atoms with Crippen LogP contribution in [0.3, 0.4) is 0 Å². The van der Waals surface area contributed by atoms with Gasteiger partial charge in [0.05, 0.1) is 5.69 Å². The Morgan fingerprint density at radius 1 is 1.37 bits per heavy atom. The van der Waals surface area contributed by atoms with E-state index in [1.54, 1.807) is 6.33 Å². The number of hydrogen-bond acceptors (Lipinski definition) is 5. The molecule has 2 aromatic rings. The Morgan fingerprint density at radius 2 is 2.21 bits per heavy atom. The molecule has 19 heavy (non-hydrogen) atoms. The molecule has 102 valence electrons. The van der Waals surface area contributed by atoms with Gasteiger partial charge >= 0.3 is 0 Å². The first kappa shape index (κ1) is 13.5. The maximum absolute atomic E-state index is 5.79. The number of hydrogen-bond donors (Lipinski definition) is 1. The molecule has 0 saturated heterocycles. The molecule has 0 saturated carbocycles. The second-order valence-corrected chi connectivity index (χ2v) is 4.32. The minimum atomic E-state index is 0.389. The van der Waals surface area contributed by atoms with E-state index < -0.39 is 0 Å². The predicted molar refractivity (Wildman–Crippen MR) is 71.7 cm³/mol. The number of aryl methyl sites for hydroxylation is 2. The molecule has 0 spiro atoms. The van der Waals surface area contributed by atoms with Gasteiger partial charge in [-0.25, -0.2) is 0 Å². The molecule has 2 heterocycles. The number of nitrogens with zero attached hydrogens (tertiary/aromatic N) is 4. The van der Waals surface area contributed by atoms with Gasteiger partial charge in [0.15, 0.2) is 5.82 Å². The fourth-order valence-electron chi connectivity index (χ4n) is 1.68. The van der Waals surface area contributed by atoms with Crippen LogP contribution in [0, 0.1) is 6.92 Å². The molecule has 0 atom stereocenters. The van der Waals surface area contributed by atoms with Gasteiger partial charge in [0, 0.05) is 19.3 Å². The zero-order chi connectivity index (χ0) is 13.7. The molecular formula is C13H19N5O. The lowest BCUT2D eigenvalue weighted by molar-refractivity contribution is 0.286. The van der Waals surface area contributed by atoms with E-state index in [1.165, 1.54) is 0 Å². The summed E-state index contributed by atoms with van der Waals surface area (Å²) in [5, 5.41) is 11.1. The molecule has 2 aromatic heterocycles. The number of ether oxygens (including phenoxy) is 1. The maximum Gasteiger partial charge on any atom is 0.170 e. The third-order valence-electron chi connectivity index (χ3n) is 2.78. The van der Waals surface area contributed by atoms with E-state index >= 15 is 0 Å². The summed E-state index contributed by atoms with van der Waals surface area (Å²) in [6.45, 7) is 6.03. The SMILES string of the molecule is CCNCc1nc(C)ccc1OCc1nncn1C. The minimum Gasteiger partial charge on any atom is -0.484 e. The van der Waals surface area contributed by atoms with Gasteiger partial charge in [0.1, 0.15) is 18.7 Å². The van der Waals surface area contributed by atoms with Gasteiger partial charge in [0.2, 0.25) is 0 Å². The summed E-state index contributed by atoms with van der Waals surface area (Å²) in [5.41, 5.74) is 1.91. The molecule has 0 aliphatic rings. The van der Waals surface area contributed by atoms with Crippen molar-refractivity contribution in [2.75, 3.05) is 6.54 Å². The summed E-state index contributed by atoms with van der Waals surface area (Å²) in [4.78, 5) is 4.50. The van der Waals surface area contributed by atoms with E-state index in [0.717, 1.165) is 29.5 Å². The molecular weight excluding hydrogens is 242 g/mol. The van der Waals surface area contributed by atoms with Crippen LogP contribution in [0.25, 0.3) is 0 Å². The van der Waals surface area contributed by atoms with E-state index in [4.69, 9.17) is 4.74 Å². The topological polar surface area (TPSA) is 64.9 Å². The maximum atomic E-state index is 5.79. The Kier molecular flexibility index (Phi) is 4.46.